The lowest BCUT2D eigenvalue weighted by atomic mass is 10.0. The fourth-order valence-corrected chi connectivity index (χ4v) is 17.6. The van der Waals surface area contributed by atoms with E-state index in [0.29, 0.717) is 79.3 Å². The number of Topliss-reactive ketones (excluding diaryl/α,β-unsaturated/α-hetero) is 4. The number of methoxy groups -OCH3 is 1. The fourth-order valence-electron chi connectivity index (χ4n) is 15.6. The van der Waals surface area contributed by atoms with Gasteiger partial charge >= 0.3 is 6.18 Å². The number of hydrogen-bond donors (Lipinski definition) is 0. The smallest absolute Gasteiger partial charge is 0.433 e. The van der Waals surface area contributed by atoms with Gasteiger partial charge < -0.3 is 24.3 Å². The molecule has 0 unspecified atom stereocenters. The van der Waals surface area contributed by atoms with Crippen molar-refractivity contribution in [2.75, 3.05) is 79.1 Å². The van der Waals surface area contributed by atoms with E-state index in [0.717, 1.165) is 153 Å². The first-order valence-electron chi connectivity index (χ1n) is 40.7. The van der Waals surface area contributed by atoms with Crippen LogP contribution >= 0.6 is 34.3 Å². The van der Waals surface area contributed by atoms with Crippen molar-refractivity contribution >= 4 is 104 Å². The summed E-state index contributed by atoms with van der Waals surface area (Å²) in [6.45, 7) is 7.63. The summed E-state index contributed by atoms with van der Waals surface area (Å²) in [5, 5.41) is 36.6. The average Bonchev–Trinajstić information content (AvgIpc) is 1.64. The third-order valence-corrected chi connectivity index (χ3v) is 24.2. The number of halogens is 8. The SMILES string of the molecule is COc1ccnc(-c2cnn(C)c2C(=O)Cc2ccn3nc(N4CCCC4)nc3c2)c1.Cn1ncc(-c2cccc(C(F)(F)F)n2)c1C(=O)Cc1ccn2nc(N3CCCC3)nc2c1.Cn1ncc(-c2nc(C(F)F)c(Cl)s2)c1C(=O)Cc1ccn2nc(N3CCCC3)nc2c1.Cn1ncc(-c2nc(C(F)F)cs2)c1C(=O)Cc1ccn2nc(N3CCCC3)nc2c1. The molecule has 0 N–H and O–H groups in total. The Hall–Kier alpha value is -13.6. The highest BCUT2D eigenvalue weighted by Gasteiger charge is 2.35. The van der Waals surface area contributed by atoms with Gasteiger partial charge in [0, 0.05) is 160 Å². The van der Waals surface area contributed by atoms with Crippen LogP contribution in [-0.2, 0) is 60.1 Å². The van der Waals surface area contributed by atoms with Gasteiger partial charge in [0.15, 0.2) is 45.7 Å². The Morgan fingerprint density at radius 3 is 1.15 bits per heavy atom. The Labute approximate surface area is 731 Å². The van der Waals surface area contributed by atoms with Gasteiger partial charge in [0.1, 0.15) is 60.0 Å². The number of fused-ring (bicyclic) bond motifs is 4. The number of rotatable bonds is 23. The van der Waals surface area contributed by atoms with E-state index in [1.165, 1.54) is 63.0 Å². The normalized spacial score (nSPS) is 14.2. The molecule has 16 aromatic rings. The van der Waals surface area contributed by atoms with Gasteiger partial charge in [-0.1, -0.05) is 17.7 Å². The van der Waals surface area contributed by atoms with Crippen molar-refractivity contribution in [1.29, 1.82) is 0 Å². The zero-order chi connectivity index (χ0) is 88.5. The molecule has 16 aromatic heterocycles. The number of anilines is 4. The first-order chi connectivity index (χ1) is 61.3. The molecule has 0 spiro atoms. The number of ether oxygens (including phenoxy) is 1. The molecule has 0 bridgehead atoms. The van der Waals surface area contributed by atoms with Gasteiger partial charge in [-0.2, -0.15) is 53.5 Å². The van der Waals surface area contributed by atoms with Crippen molar-refractivity contribution in [2.24, 2.45) is 28.2 Å². The highest BCUT2D eigenvalue weighted by Crippen LogP contribution is 2.40. The number of pyridine rings is 6. The van der Waals surface area contributed by atoms with Crippen molar-refractivity contribution in [3.8, 4) is 49.4 Å². The lowest BCUT2D eigenvalue weighted by Crippen LogP contribution is -2.19. The third-order valence-electron chi connectivity index (χ3n) is 22.0. The number of aromatic nitrogens is 24. The summed E-state index contributed by atoms with van der Waals surface area (Å²) in [4.78, 5) is 95.7. The van der Waals surface area contributed by atoms with Crippen molar-refractivity contribution in [1.82, 2.24) is 117 Å². The summed E-state index contributed by atoms with van der Waals surface area (Å²) in [5.74, 6) is 2.78. The van der Waals surface area contributed by atoms with E-state index in [-0.39, 0.29) is 86.5 Å². The number of ketones is 4. The Morgan fingerprint density at radius 1 is 0.441 bits per heavy atom. The number of aryl methyl sites for hydroxylation is 4. The molecule has 43 heteroatoms. The van der Waals surface area contributed by atoms with E-state index in [1.807, 2.05) is 42.6 Å². The lowest BCUT2D eigenvalue weighted by molar-refractivity contribution is -0.141. The molecular weight excluding hydrogens is 1710 g/mol. The maximum absolute atomic E-state index is 13.2. The second-order valence-electron chi connectivity index (χ2n) is 30.6. The summed E-state index contributed by atoms with van der Waals surface area (Å²) >= 11 is 7.89. The molecule has 33 nitrogen and oxygen atoms in total. The topological polar surface area (TPSA) is 334 Å². The van der Waals surface area contributed by atoms with Crippen LogP contribution in [0.2, 0.25) is 4.34 Å². The summed E-state index contributed by atoms with van der Waals surface area (Å²) in [6.07, 6.45) is 14.4. The molecule has 20 rings (SSSR count). The molecule has 4 saturated heterocycles. The van der Waals surface area contributed by atoms with E-state index >= 15 is 0 Å². The molecular formula is C84H80ClF7N28O5S2. The maximum atomic E-state index is 13.2. The van der Waals surface area contributed by atoms with Crippen LogP contribution in [0.25, 0.3) is 66.2 Å². The summed E-state index contributed by atoms with van der Waals surface area (Å²) in [5.41, 5.74) is 7.89. The second kappa shape index (κ2) is 36.5. The molecule has 0 atom stereocenters. The lowest BCUT2D eigenvalue weighted by Gasteiger charge is -2.10. The molecule has 0 radical (unpaired) electrons. The quantitative estimate of drug-likeness (QED) is 0.0424. The number of carbonyl (C=O) groups is 4. The van der Waals surface area contributed by atoms with Crippen LogP contribution in [0, 0.1) is 0 Å². The van der Waals surface area contributed by atoms with Gasteiger partial charge in [-0.15, -0.1) is 43.1 Å². The van der Waals surface area contributed by atoms with Crippen LogP contribution in [0.15, 0.2) is 140 Å². The molecule has 0 aromatic carbocycles. The van der Waals surface area contributed by atoms with E-state index in [1.54, 1.807) is 113 Å². The van der Waals surface area contributed by atoms with Gasteiger partial charge in [0.2, 0.25) is 23.8 Å². The molecule has 0 aliphatic carbocycles. The molecule has 127 heavy (non-hydrogen) atoms. The Balaban J connectivity index is 0.000000119. The number of carbonyl (C=O) groups excluding carboxylic acids is 4. The van der Waals surface area contributed by atoms with Crippen molar-refractivity contribution in [2.45, 2.75) is 96.1 Å². The maximum Gasteiger partial charge on any atom is 0.433 e. The summed E-state index contributed by atoms with van der Waals surface area (Å²) in [6, 6.07) is 21.9. The minimum absolute atomic E-state index is 0.0356. The number of thiazole rings is 2. The van der Waals surface area contributed by atoms with Crippen LogP contribution in [0.4, 0.5) is 54.5 Å². The van der Waals surface area contributed by atoms with Crippen molar-refractivity contribution in [3.05, 3.63) is 206 Å². The monoisotopic (exact) mass is 1790 g/mol. The molecule has 4 aliphatic rings. The molecule has 4 aliphatic heterocycles. The third kappa shape index (κ3) is 18.6. The highest BCUT2D eigenvalue weighted by atomic mass is 35.5. The van der Waals surface area contributed by atoms with E-state index < -0.39 is 30.4 Å². The largest absolute Gasteiger partial charge is 0.497 e. The van der Waals surface area contributed by atoms with Crippen LogP contribution in [-0.4, -0.2) is 200 Å². The summed E-state index contributed by atoms with van der Waals surface area (Å²) < 4.78 is 109. The average molecular weight is 1790 g/mol. The zero-order valence-electron chi connectivity index (χ0n) is 69.0. The van der Waals surface area contributed by atoms with Gasteiger partial charge in [0.25, 0.3) is 12.9 Å². The van der Waals surface area contributed by atoms with Crippen molar-refractivity contribution < 1.29 is 54.6 Å². The number of alkyl halides is 7. The zero-order valence-corrected chi connectivity index (χ0v) is 71.4. The minimum atomic E-state index is -4.58. The second-order valence-corrected chi connectivity index (χ2v) is 33.1. The molecule has 0 saturated carbocycles. The predicted molar refractivity (Wildman–Crippen MR) is 458 cm³/mol. The van der Waals surface area contributed by atoms with E-state index in [9.17, 15) is 49.9 Å². The van der Waals surface area contributed by atoms with Gasteiger partial charge in [-0.3, -0.25) is 42.9 Å². The van der Waals surface area contributed by atoms with Gasteiger partial charge in [0.05, 0.1) is 54.4 Å². The minimum Gasteiger partial charge on any atom is -0.497 e. The van der Waals surface area contributed by atoms with Crippen LogP contribution < -0.4 is 24.3 Å². The van der Waals surface area contributed by atoms with Crippen LogP contribution in [0.3, 0.4) is 0 Å². The predicted octanol–water partition coefficient (Wildman–Crippen LogP) is 13.9. The molecule has 20 heterocycles. The summed E-state index contributed by atoms with van der Waals surface area (Å²) in [7, 11) is 8.23. The Kier molecular flexibility index (Phi) is 24.6. The first kappa shape index (κ1) is 85.5. The Morgan fingerprint density at radius 2 is 0.803 bits per heavy atom. The van der Waals surface area contributed by atoms with Crippen LogP contribution in [0.5, 0.6) is 5.75 Å². The molecule has 654 valence electrons. The molecule has 0 amide bonds. The standard InChI is InChI=1S/C22H20F3N7O.C22H23N7O2.C20H18ClF2N7OS.C20H19F2N7OS/c1-30-20(15(13-26-30)16-5-4-6-18(27-16)22(23,24)25)17(33)11-14-7-10-32-19(12-14)28-21(29-32)31-8-2-3-9-31;1-27-21(17(14-24-27)18-13-16(31-2)5-7-23-18)19(30)11-15-6-10-29-20(12-15)25-22(26-29)28-8-3-4-9-28;1-28-16(12(10-24-28)19-26-15(18(22)23)17(21)32-19)13(31)8-11-4-7-30-14(9-11)25-20(27-30)29-5-2-3-6-29;1-27-17(13(10-23-27)19-24-14(11-31-19)18(21)22)15(30)8-12-4-7-29-16(9-12)25-20(26-29)28-5-2-3-6-28/h4-7,10,12-13H,2-3,8-9,11H2,1H3;5-7,10,12-14H,3-4,8-9,11H2,1-2H3;4,7,9-10,18H,2-3,5-6,8H2,1H3;4,7,9-11,18H,2-3,5-6,8H2,1H3. The van der Waals surface area contributed by atoms with Crippen LogP contribution in [0.1, 0.15) is 146 Å². The highest BCUT2D eigenvalue weighted by molar-refractivity contribution is 7.19. The van der Waals surface area contributed by atoms with Gasteiger partial charge in [-0.05, 0) is 140 Å². The fraction of sp³-hybridized carbons (Fsp3) is 0.333. The Bertz CT molecular complexity index is 6750. The number of hydrogen-bond acceptors (Lipinski definition) is 27. The van der Waals surface area contributed by atoms with Gasteiger partial charge in [-0.25, -0.2) is 50.6 Å². The first-order valence-corrected chi connectivity index (χ1v) is 42.7. The number of nitrogens with zero attached hydrogens (tertiary/aromatic N) is 28. The van der Waals surface area contributed by atoms with Crippen molar-refractivity contribution in [3.63, 3.8) is 0 Å². The molecule has 4 fully saturated rings. The van der Waals surface area contributed by atoms with E-state index in [4.69, 9.17) is 16.3 Å². The van der Waals surface area contributed by atoms with E-state index in [2.05, 4.69) is 100 Å².